The third kappa shape index (κ3) is 4.18. The van der Waals surface area contributed by atoms with Crippen LogP contribution in [0.25, 0.3) is 21.8 Å². The molecule has 0 radical (unpaired) electrons. The summed E-state index contributed by atoms with van der Waals surface area (Å²) in [7, 11) is 0. The number of aliphatic imine (C=N–C) groups is 1. The third-order valence-corrected chi connectivity index (χ3v) is 6.23. The molecule has 2 aliphatic heterocycles. The maximum atomic E-state index is 13.4. The summed E-state index contributed by atoms with van der Waals surface area (Å²) in [4.78, 5) is 27.7. The van der Waals surface area contributed by atoms with E-state index in [1.54, 1.807) is 18.5 Å². The normalized spacial score (nSPS) is 21.3. The van der Waals surface area contributed by atoms with Crippen LogP contribution in [0.3, 0.4) is 0 Å². The predicted molar refractivity (Wildman–Crippen MR) is 128 cm³/mol. The average Bonchev–Trinajstić information content (AvgIpc) is 3.13. The number of hydrogen-bond acceptors (Lipinski definition) is 6. The molecule has 1 aromatic carbocycles. The van der Waals surface area contributed by atoms with Gasteiger partial charge in [-0.15, -0.1) is 0 Å². The van der Waals surface area contributed by atoms with Crippen molar-refractivity contribution in [1.82, 2.24) is 20.2 Å². The molecule has 3 N–H and O–H groups in total. The van der Waals surface area contributed by atoms with E-state index in [2.05, 4.69) is 30.5 Å². The zero-order valence-corrected chi connectivity index (χ0v) is 19.0. The molecule has 1 atom stereocenters. The van der Waals surface area contributed by atoms with E-state index in [0.717, 1.165) is 47.2 Å². The summed E-state index contributed by atoms with van der Waals surface area (Å²) in [5.74, 6) is 0.803. The monoisotopic (exact) mass is 454 g/mol. The highest BCUT2D eigenvalue weighted by Gasteiger charge is 2.38. The van der Waals surface area contributed by atoms with Crippen LogP contribution in [-0.2, 0) is 9.53 Å². The van der Waals surface area contributed by atoms with E-state index in [9.17, 15) is 4.79 Å². The molecule has 32 heavy (non-hydrogen) atoms. The first-order chi connectivity index (χ1) is 15.4. The fourth-order valence-electron chi connectivity index (χ4n) is 4.47. The number of amides is 1. The number of ether oxygens (including phenoxy) is 1. The van der Waals surface area contributed by atoms with Gasteiger partial charge in [-0.3, -0.25) is 19.7 Å². The number of hydrogen-bond donors (Lipinski definition) is 3. The highest BCUT2D eigenvalue weighted by atomic mass is 35.5. The highest BCUT2D eigenvalue weighted by molar-refractivity contribution is 6.33. The summed E-state index contributed by atoms with van der Waals surface area (Å²) in [6.07, 6.45) is 4.55. The number of benzene rings is 1. The fraction of sp³-hybridized carbons (Fsp3) is 0.435. The van der Waals surface area contributed by atoms with Crippen LogP contribution >= 0.6 is 11.6 Å². The summed E-state index contributed by atoms with van der Waals surface area (Å²) >= 11 is 6.41. The summed E-state index contributed by atoms with van der Waals surface area (Å²) in [6, 6.07) is 5.17. The number of nitrogens with one attached hydrogen (secondary N) is 3. The van der Waals surface area contributed by atoms with E-state index < -0.39 is 6.04 Å². The first kappa shape index (κ1) is 21.2. The Morgan fingerprint density at radius 2 is 2.25 bits per heavy atom. The van der Waals surface area contributed by atoms with Crippen LogP contribution in [0.5, 0.6) is 0 Å². The predicted octanol–water partition coefficient (Wildman–Crippen LogP) is 3.18. The van der Waals surface area contributed by atoms with Crippen molar-refractivity contribution in [3.8, 4) is 0 Å². The van der Waals surface area contributed by atoms with Crippen LogP contribution in [0.2, 0.25) is 5.02 Å². The second kappa shape index (κ2) is 8.35. The number of halogens is 1. The number of aromatic amines is 1. The number of H-pyrrole nitrogens is 1. The zero-order valence-electron chi connectivity index (χ0n) is 18.2. The molecule has 1 fully saturated rings. The molecule has 0 aliphatic carbocycles. The van der Waals surface area contributed by atoms with Gasteiger partial charge in [0.05, 0.1) is 41.7 Å². The van der Waals surface area contributed by atoms with E-state index in [4.69, 9.17) is 16.3 Å². The van der Waals surface area contributed by atoms with E-state index in [-0.39, 0.29) is 11.5 Å². The van der Waals surface area contributed by atoms with Crippen molar-refractivity contribution in [1.29, 1.82) is 0 Å². The zero-order chi connectivity index (χ0) is 22.3. The summed E-state index contributed by atoms with van der Waals surface area (Å²) in [5, 5.41) is 8.97. The first-order valence-corrected chi connectivity index (χ1v) is 11.3. The molecule has 2 aliphatic rings. The van der Waals surface area contributed by atoms with Crippen LogP contribution in [-0.4, -0.2) is 71.0 Å². The molecule has 0 saturated carbocycles. The standard InChI is InChI=1S/C23H27ClN6O2/c1-23(2)13-30(11-20-26-5-3-6-27-20)19(12-32-23)22(31)29-17-9-14(24)8-16-15-4-7-25-10-18(15)28-21(16)17/h4,7-10,19,28H,3,5-6,11-13H2,1-2H3,(H,26,27)(H,29,31)/t19-/m0/s1. The quantitative estimate of drug-likeness (QED) is 0.562. The Labute approximate surface area is 191 Å². The van der Waals surface area contributed by atoms with Crippen molar-refractivity contribution in [3.05, 3.63) is 35.6 Å². The van der Waals surface area contributed by atoms with Crippen LogP contribution in [0.1, 0.15) is 20.3 Å². The molecular weight excluding hydrogens is 428 g/mol. The van der Waals surface area contributed by atoms with Crippen molar-refractivity contribution in [2.75, 3.05) is 38.1 Å². The van der Waals surface area contributed by atoms with Crippen LogP contribution < -0.4 is 10.6 Å². The minimum absolute atomic E-state index is 0.128. The maximum Gasteiger partial charge on any atom is 0.244 e. The van der Waals surface area contributed by atoms with Crippen molar-refractivity contribution in [3.63, 3.8) is 0 Å². The lowest BCUT2D eigenvalue weighted by molar-refractivity contribution is -0.141. The fourth-order valence-corrected chi connectivity index (χ4v) is 4.69. The van der Waals surface area contributed by atoms with E-state index in [1.807, 2.05) is 26.0 Å². The van der Waals surface area contributed by atoms with Gasteiger partial charge < -0.3 is 20.4 Å². The number of carbonyl (C=O) groups excluding carboxylic acids is 1. The van der Waals surface area contributed by atoms with Gasteiger partial charge >= 0.3 is 0 Å². The van der Waals surface area contributed by atoms with Crippen LogP contribution in [0.15, 0.2) is 35.6 Å². The van der Waals surface area contributed by atoms with Crippen molar-refractivity contribution in [2.45, 2.75) is 31.9 Å². The number of carbonyl (C=O) groups is 1. The Hall–Kier alpha value is -2.68. The summed E-state index contributed by atoms with van der Waals surface area (Å²) in [6.45, 7) is 7.36. The van der Waals surface area contributed by atoms with E-state index in [1.165, 1.54) is 0 Å². The molecule has 2 aromatic heterocycles. The number of pyridine rings is 1. The number of anilines is 1. The SMILES string of the molecule is CC1(C)CN(CC2=NCCCN2)[C@H](C(=O)Nc2cc(Cl)cc3c2[nH]c2cnccc23)CO1. The van der Waals surface area contributed by atoms with Crippen molar-refractivity contribution >= 4 is 50.8 Å². The molecule has 0 bridgehead atoms. The topological polar surface area (TPSA) is 94.6 Å². The van der Waals surface area contributed by atoms with Gasteiger partial charge in [0.15, 0.2) is 0 Å². The Balaban J connectivity index is 1.44. The Bertz CT molecular complexity index is 1200. The molecule has 4 heterocycles. The minimum Gasteiger partial charge on any atom is -0.373 e. The lowest BCUT2D eigenvalue weighted by Gasteiger charge is -2.43. The largest absolute Gasteiger partial charge is 0.373 e. The second-order valence-electron chi connectivity index (χ2n) is 9.01. The lowest BCUT2D eigenvalue weighted by Crippen LogP contribution is -2.60. The number of morpholine rings is 1. The van der Waals surface area contributed by atoms with Crippen molar-refractivity contribution in [2.24, 2.45) is 4.99 Å². The molecule has 0 spiro atoms. The number of rotatable bonds is 4. The number of nitrogens with zero attached hydrogens (tertiary/aromatic N) is 3. The van der Waals surface area contributed by atoms with E-state index >= 15 is 0 Å². The Morgan fingerprint density at radius 1 is 1.38 bits per heavy atom. The van der Waals surface area contributed by atoms with Gasteiger partial charge in [-0.05, 0) is 38.5 Å². The Morgan fingerprint density at radius 3 is 3.06 bits per heavy atom. The van der Waals surface area contributed by atoms with Gasteiger partial charge in [0, 0.05) is 41.6 Å². The highest BCUT2D eigenvalue weighted by Crippen LogP contribution is 2.33. The maximum absolute atomic E-state index is 13.4. The molecule has 5 rings (SSSR count). The van der Waals surface area contributed by atoms with Gasteiger partial charge in [0.25, 0.3) is 0 Å². The summed E-state index contributed by atoms with van der Waals surface area (Å²) < 4.78 is 6.01. The van der Waals surface area contributed by atoms with Gasteiger partial charge in [0.2, 0.25) is 5.91 Å². The van der Waals surface area contributed by atoms with Gasteiger partial charge in [0.1, 0.15) is 11.9 Å². The Kier molecular flexibility index (Phi) is 5.53. The van der Waals surface area contributed by atoms with Crippen LogP contribution in [0, 0.1) is 0 Å². The van der Waals surface area contributed by atoms with Gasteiger partial charge in [-0.25, -0.2) is 0 Å². The summed E-state index contributed by atoms with van der Waals surface area (Å²) in [5.41, 5.74) is 2.03. The first-order valence-electron chi connectivity index (χ1n) is 10.9. The van der Waals surface area contributed by atoms with Gasteiger partial charge in [-0.1, -0.05) is 11.6 Å². The molecule has 1 saturated heterocycles. The average molecular weight is 455 g/mol. The second-order valence-corrected chi connectivity index (χ2v) is 9.45. The van der Waals surface area contributed by atoms with Crippen LogP contribution in [0.4, 0.5) is 5.69 Å². The number of fused-ring (bicyclic) bond motifs is 3. The number of amidine groups is 1. The number of aromatic nitrogens is 2. The minimum atomic E-state index is -0.436. The molecule has 9 heteroatoms. The van der Waals surface area contributed by atoms with E-state index in [0.29, 0.717) is 30.4 Å². The lowest BCUT2D eigenvalue weighted by atomic mass is 10.0. The van der Waals surface area contributed by atoms with Gasteiger partial charge in [-0.2, -0.15) is 0 Å². The molecule has 8 nitrogen and oxygen atoms in total. The third-order valence-electron chi connectivity index (χ3n) is 6.01. The molecular formula is C23H27ClN6O2. The molecule has 0 unspecified atom stereocenters. The molecule has 3 aromatic rings. The molecule has 168 valence electrons. The van der Waals surface area contributed by atoms with Crippen molar-refractivity contribution < 1.29 is 9.53 Å². The molecule has 1 amide bonds. The smallest absolute Gasteiger partial charge is 0.244 e.